The molecule has 1 aliphatic rings. The second kappa shape index (κ2) is 12.6. The molecule has 214 valence electrons. The molecule has 0 radical (unpaired) electrons. The van der Waals surface area contributed by atoms with Crippen LogP contribution in [0.3, 0.4) is 0 Å². The normalized spacial score (nSPS) is 22.9. The Labute approximate surface area is 242 Å². The standard InChI is InChI=1S/C29H38Cl2N2O5S/c1-6-24(18-32(7-2)39(37,38)19(3)4)33-27(20-11-13-22(30)14-12-20)25(21-9-8-10-23(31)15-21)16-29(5,28(33)36)17-26(34)35/h8-15,19,24-25,27H,6-7,16-18H2,1-5H3,(H,34,35)/t24-,25+,27+,29+/m0/s1. The number of piperidine rings is 1. The van der Waals surface area contributed by atoms with E-state index in [-0.39, 0.29) is 31.3 Å². The van der Waals surface area contributed by atoms with Crippen LogP contribution < -0.4 is 0 Å². The lowest BCUT2D eigenvalue weighted by Gasteiger charge is -2.52. The molecule has 3 rings (SSSR count). The summed E-state index contributed by atoms with van der Waals surface area (Å²) in [6.45, 7) is 9.04. The zero-order valence-corrected chi connectivity index (χ0v) is 25.4. The minimum atomic E-state index is -3.59. The number of likely N-dealkylation sites (tertiary alicyclic amines) is 1. The number of carboxylic acids is 1. The Morgan fingerprint density at radius 2 is 1.74 bits per heavy atom. The third-order valence-electron chi connectivity index (χ3n) is 7.72. The Hall–Kier alpha value is -2.13. The maximum Gasteiger partial charge on any atom is 0.304 e. The molecule has 0 saturated carbocycles. The first-order chi connectivity index (χ1) is 18.2. The summed E-state index contributed by atoms with van der Waals surface area (Å²) in [5.74, 6) is -1.66. The number of halogens is 2. The Morgan fingerprint density at radius 1 is 1.10 bits per heavy atom. The van der Waals surface area contributed by atoms with Crippen LogP contribution in [0.5, 0.6) is 0 Å². The van der Waals surface area contributed by atoms with E-state index in [2.05, 4.69) is 0 Å². The van der Waals surface area contributed by atoms with Crippen LogP contribution in [0.15, 0.2) is 48.5 Å². The van der Waals surface area contributed by atoms with Gasteiger partial charge < -0.3 is 10.0 Å². The number of carbonyl (C=O) groups is 2. The van der Waals surface area contributed by atoms with Gasteiger partial charge in [-0.2, -0.15) is 4.31 Å². The van der Waals surface area contributed by atoms with Gasteiger partial charge in [0.2, 0.25) is 15.9 Å². The summed E-state index contributed by atoms with van der Waals surface area (Å²) in [7, 11) is -3.59. The molecule has 0 aliphatic carbocycles. The summed E-state index contributed by atoms with van der Waals surface area (Å²) in [5.41, 5.74) is 0.514. The van der Waals surface area contributed by atoms with Gasteiger partial charge in [-0.05, 0) is 62.1 Å². The second-order valence-corrected chi connectivity index (χ2v) is 14.2. The maximum absolute atomic E-state index is 14.4. The number of hydrogen-bond acceptors (Lipinski definition) is 4. The third kappa shape index (κ3) is 6.79. The average Bonchev–Trinajstić information content (AvgIpc) is 2.86. The van der Waals surface area contributed by atoms with Crippen molar-refractivity contribution in [3.8, 4) is 0 Å². The molecule has 1 N–H and O–H groups in total. The van der Waals surface area contributed by atoms with Gasteiger partial charge in [-0.15, -0.1) is 0 Å². The quantitative estimate of drug-likeness (QED) is 0.325. The molecule has 1 aliphatic heterocycles. The number of rotatable bonds is 11. The van der Waals surface area contributed by atoms with Crippen molar-refractivity contribution in [2.24, 2.45) is 5.41 Å². The molecule has 1 saturated heterocycles. The highest BCUT2D eigenvalue weighted by molar-refractivity contribution is 7.89. The number of hydrogen-bond donors (Lipinski definition) is 1. The minimum Gasteiger partial charge on any atom is -0.481 e. The van der Waals surface area contributed by atoms with Gasteiger partial charge in [0.15, 0.2) is 0 Å². The smallest absolute Gasteiger partial charge is 0.304 e. The van der Waals surface area contributed by atoms with Gasteiger partial charge in [-0.1, -0.05) is 68.2 Å². The monoisotopic (exact) mass is 596 g/mol. The van der Waals surface area contributed by atoms with E-state index < -0.39 is 38.7 Å². The van der Waals surface area contributed by atoms with E-state index in [9.17, 15) is 23.1 Å². The van der Waals surface area contributed by atoms with Crippen molar-refractivity contribution in [3.63, 3.8) is 0 Å². The van der Waals surface area contributed by atoms with E-state index in [1.807, 2.05) is 37.3 Å². The van der Waals surface area contributed by atoms with Crippen molar-refractivity contribution in [1.82, 2.24) is 9.21 Å². The topological polar surface area (TPSA) is 95.0 Å². The van der Waals surface area contributed by atoms with Crippen molar-refractivity contribution in [2.45, 2.75) is 77.1 Å². The van der Waals surface area contributed by atoms with Crippen molar-refractivity contribution in [1.29, 1.82) is 0 Å². The first kappa shape index (κ1) is 31.4. The first-order valence-electron chi connectivity index (χ1n) is 13.3. The Balaban J connectivity index is 2.25. The van der Waals surface area contributed by atoms with E-state index >= 15 is 0 Å². The summed E-state index contributed by atoms with van der Waals surface area (Å²) in [6, 6.07) is 13.7. The SMILES string of the molecule is CC[C@@H](CN(CC)S(=O)(=O)C(C)C)N1C(=O)[C@@](C)(CC(=O)O)C[C@H](c2cccc(Cl)c2)[C@H]1c1ccc(Cl)cc1. The van der Waals surface area contributed by atoms with Gasteiger partial charge in [-0.25, -0.2) is 8.42 Å². The molecule has 0 aromatic heterocycles. The second-order valence-electron chi connectivity index (χ2n) is 10.8. The largest absolute Gasteiger partial charge is 0.481 e. The highest BCUT2D eigenvalue weighted by Gasteiger charge is 2.52. The zero-order valence-electron chi connectivity index (χ0n) is 23.1. The molecule has 10 heteroatoms. The first-order valence-corrected chi connectivity index (χ1v) is 15.6. The minimum absolute atomic E-state index is 0.106. The van der Waals surface area contributed by atoms with Crippen LogP contribution >= 0.6 is 23.2 Å². The lowest BCUT2D eigenvalue weighted by molar-refractivity contribution is -0.160. The van der Waals surface area contributed by atoms with Crippen LogP contribution in [-0.2, 0) is 19.6 Å². The Kier molecular flexibility index (Phi) is 10.1. The fourth-order valence-electron chi connectivity index (χ4n) is 5.64. The summed E-state index contributed by atoms with van der Waals surface area (Å²) < 4.78 is 27.8. The molecule has 2 aromatic carbocycles. The van der Waals surface area contributed by atoms with Gasteiger partial charge >= 0.3 is 5.97 Å². The Bertz CT molecular complexity index is 1280. The fourth-order valence-corrected chi connectivity index (χ4v) is 7.30. The highest BCUT2D eigenvalue weighted by Crippen LogP contribution is 2.52. The number of amides is 1. The fraction of sp³-hybridized carbons (Fsp3) is 0.517. The van der Waals surface area contributed by atoms with Crippen LogP contribution in [0, 0.1) is 5.41 Å². The molecular formula is C29H38Cl2N2O5S. The average molecular weight is 598 g/mol. The summed E-state index contributed by atoms with van der Waals surface area (Å²) in [4.78, 5) is 28.1. The van der Waals surface area contributed by atoms with Crippen LogP contribution in [-0.4, -0.2) is 59.0 Å². The van der Waals surface area contributed by atoms with E-state index in [0.717, 1.165) is 11.1 Å². The molecule has 0 spiro atoms. The predicted molar refractivity (Wildman–Crippen MR) is 156 cm³/mol. The molecule has 1 fully saturated rings. The number of sulfonamides is 1. The maximum atomic E-state index is 14.4. The Morgan fingerprint density at radius 3 is 2.26 bits per heavy atom. The van der Waals surface area contributed by atoms with Crippen molar-refractivity contribution in [3.05, 3.63) is 69.7 Å². The number of aliphatic carboxylic acids is 1. The molecule has 39 heavy (non-hydrogen) atoms. The number of benzene rings is 2. The van der Waals surface area contributed by atoms with Crippen LogP contribution in [0.25, 0.3) is 0 Å². The van der Waals surface area contributed by atoms with Gasteiger partial charge in [0.05, 0.1) is 23.1 Å². The summed E-state index contributed by atoms with van der Waals surface area (Å²) in [5, 5.41) is 10.3. The highest BCUT2D eigenvalue weighted by atomic mass is 35.5. The number of carboxylic acid groups (broad SMARTS) is 1. The van der Waals surface area contributed by atoms with E-state index in [4.69, 9.17) is 23.2 Å². The molecule has 1 amide bonds. The van der Waals surface area contributed by atoms with Gasteiger partial charge in [0.25, 0.3) is 0 Å². The van der Waals surface area contributed by atoms with Crippen LogP contribution in [0.4, 0.5) is 0 Å². The molecule has 0 unspecified atom stereocenters. The van der Waals surface area contributed by atoms with Gasteiger partial charge in [0.1, 0.15) is 0 Å². The number of carbonyl (C=O) groups excluding carboxylic acids is 1. The molecule has 7 nitrogen and oxygen atoms in total. The lowest BCUT2D eigenvalue weighted by atomic mass is 9.67. The van der Waals surface area contributed by atoms with E-state index in [1.54, 1.807) is 50.8 Å². The zero-order chi connectivity index (χ0) is 29.1. The van der Waals surface area contributed by atoms with Gasteiger partial charge in [-0.3, -0.25) is 9.59 Å². The van der Waals surface area contributed by atoms with Crippen molar-refractivity contribution >= 4 is 45.1 Å². The van der Waals surface area contributed by atoms with Crippen molar-refractivity contribution in [2.75, 3.05) is 13.1 Å². The van der Waals surface area contributed by atoms with E-state index in [1.165, 1.54) is 4.31 Å². The molecule has 1 heterocycles. The molecule has 2 aromatic rings. The van der Waals surface area contributed by atoms with Crippen molar-refractivity contribution < 1.29 is 23.1 Å². The van der Waals surface area contributed by atoms with Crippen LogP contribution in [0.2, 0.25) is 10.0 Å². The number of nitrogens with zero attached hydrogens (tertiary/aromatic N) is 2. The third-order valence-corrected chi connectivity index (χ3v) is 10.5. The summed E-state index contributed by atoms with van der Waals surface area (Å²) in [6.07, 6.45) is 0.427. The van der Waals surface area contributed by atoms with Crippen LogP contribution in [0.1, 0.15) is 77.0 Å². The molecule has 4 atom stereocenters. The summed E-state index contributed by atoms with van der Waals surface area (Å²) >= 11 is 12.6. The predicted octanol–water partition coefficient (Wildman–Crippen LogP) is 6.37. The number of likely N-dealkylation sites (N-methyl/N-ethyl adjacent to an activating group) is 1. The molecule has 0 bridgehead atoms. The molecular weight excluding hydrogens is 559 g/mol. The van der Waals surface area contributed by atoms with Gasteiger partial charge in [0, 0.05) is 35.1 Å². The van der Waals surface area contributed by atoms with E-state index in [0.29, 0.717) is 22.9 Å². The lowest BCUT2D eigenvalue weighted by Crippen LogP contribution is -2.58.